The number of carbonyl (C=O) groups is 2. The minimum absolute atomic E-state index is 0.193. The van der Waals surface area contributed by atoms with Crippen molar-refractivity contribution in [2.24, 2.45) is 5.92 Å². The first-order valence-corrected chi connectivity index (χ1v) is 7.58. The smallest absolute Gasteiger partial charge is 0.235 e. The number of nitrogens with zero attached hydrogens (tertiary/aromatic N) is 1. The molecule has 2 aliphatic heterocycles. The van der Waals surface area contributed by atoms with E-state index < -0.39 is 23.8 Å². The lowest BCUT2D eigenvalue weighted by molar-refractivity contribution is -0.142. The summed E-state index contributed by atoms with van der Waals surface area (Å²) in [4.78, 5) is 28.1. The van der Waals surface area contributed by atoms with Crippen molar-refractivity contribution < 1.29 is 14.7 Å². The number of fused-ring (bicyclic) bond motifs is 1. The maximum absolute atomic E-state index is 12.2. The van der Waals surface area contributed by atoms with E-state index in [1.54, 1.807) is 24.5 Å². The zero-order valence-electron chi connectivity index (χ0n) is 11.1. The first-order chi connectivity index (χ1) is 10.2. The highest BCUT2D eigenvalue weighted by Crippen LogP contribution is 2.33. The Kier molecular flexibility index (Phi) is 3.94. The van der Waals surface area contributed by atoms with Gasteiger partial charge in [0.15, 0.2) is 0 Å². The third-order valence-corrected chi connectivity index (χ3v) is 4.84. The summed E-state index contributed by atoms with van der Waals surface area (Å²) in [6.45, 7) is 0.303. The number of carbonyl (C=O) groups excluding carboxylic acids is 2. The van der Waals surface area contributed by atoms with Crippen LogP contribution in [0.1, 0.15) is 5.56 Å². The molecule has 4 atom stereocenters. The molecule has 110 valence electrons. The molecule has 1 aromatic heterocycles. The first-order valence-electron chi connectivity index (χ1n) is 6.64. The maximum atomic E-state index is 12.2. The number of aliphatic hydroxyl groups excluding tert-OH is 1. The third kappa shape index (κ3) is 2.79. The molecule has 0 spiro atoms. The average Bonchev–Trinajstić information content (AvgIpc) is 2.94. The lowest BCUT2D eigenvalue weighted by Crippen LogP contribution is -2.60. The first kappa shape index (κ1) is 14.1. The Morgan fingerprint density at radius 2 is 2.19 bits per heavy atom. The van der Waals surface area contributed by atoms with Gasteiger partial charge in [0.2, 0.25) is 11.8 Å². The van der Waals surface area contributed by atoms with E-state index in [0.717, 1.165) is 5.56 Å². The molecule has 3 N–H and O–H groups in total. The van der Waals surface area contributed by atoms with E-state index in [1.165, 1.54) is 11.8 Å². The Hall–Kier alpha value is -1.86. The van der Waals surface area contributed by atoms with Crippen LogP contribution in [0.3, 0.4) is 0 Å². The van der Waals surface area contributed by atoms with Crippen LogP contribution in [0.4, 0.5) is 0 Å². The summed E-state index contributed by atoms with van der Waals surface area (Å²) in [7, 11) is 0. The van der Waals surface area contributed by atoms with Crippen LogP contribution in [0.25, 0.3) is 0 Å². The maximum Gasteiger partial charge on any atom is 0.235 e. The molecule has 21 heavy (non-hydrogen) atoms. The fraction of sp³-hybridized carbons (Fsp3) is 0.357. The molecule has 0 aromatic carbocycles. The van der Waals surface area contributed by atoms with Crippen LogP contribution in [0.15, 0.2) is 36.0 Å². The van der Waals surface area contributed by atoms with E-state index in [-0.39, 0.29) is 11.3 Å². The van der Waals surface area contributed by atoms with Gasteiger partial charge in [0.05, 0.1) is 17.4 Å². The standard InChI is InChI=1S/C14H15N3O3S/c18-11-10(14(20)17-9-3-6-21-12(9)11)13(19)16-7-8-1-4-15-5-2-8/h1-6,9-12,18H,7H2,(H,16,19)(H,17,20). The van der Waals surface area contributed by atoms with Gasteiger partial charge in [0.1, 0.15) is 5.92 Å². The van der Waals surface area contributed by atoms with Gasteiger partial charge in [0, 0.05) is 18.9 Å². The normalized spacial score (nSPS) is 30.6. The van der Waals surface area contributed by atoms with Gasteiger partial charge in [0.25, 0.3) is 0 Å². The van der Waals surface area contributed by atoms with Gasteiger partial charge < -0.3 is 15.7 Å². The molecular weight excluding hydrogens is 290 g/mol. The lowest BCUT2D eigenvalue weighted by Gasteiger charge is -2.35. The van der Waals surface area contributed by atoms with E-state index in [2.05, 4.69) is 15.6 Å². The van der Waals surface area contributed by atoms with Crippen LogP contribution >= 0.6 is 11.8 Å². The molecule has 0 aliphatic carbocycles. The van der Waals surface area contributed by atoms with Crippen LogP contribution in [-0.2, 0) is 16.1 Å². The van der Waals surface area contributed by atoms with Crippen molar-refractivity contribution in [2.75, 3.05) is 0 Å². The SMILES string of the molecule is O=C(NCc1ccncc1)C1C(=O)NC2C=CSC2C1O. The molecular formula is C14H15N3O3S. The van der Waals surface area contributed by atoms with Gasteiger partial charge in [-0.2, -0.15) is 0 Å². The monoisotopic (exact) mass is 305 g/mol. The Balaban J connectivity index is 1.65. The predicted octanol–water partition coefficient (Wildman–Crippen LogP) is -0.198. The highest BCUT2D eigenvalue weighted by molar-refractivity contribution is 8.03. The molecule has 3 rings (SSSR count). The average molecular weight is 305 g/mol. The number of rotatable bonds is 3. The highest BCUT2D eigenvalue weighted by Gasteiger charge is 2.47. The van der Waals surface area contributed by atoms with E-state index in [4.69, 9.17) is 0 Å². The second-order valence-electron chi connectivity index (χ2n) is 5.01. The molecule has 1 fully saturated rings. The van der Waals surface area contributed by atoms with Crippen molar-refractivity contribution in [3.63, 3.8) is 0 Å². The summed E-state index contributed by atoms with van der Waals surface area (Å²) in [6, 6.07) is 3.37. The zero-order valence-corrected chi connectivity index (χ0v) is 11.9. The number of amides is 2. The van der Waals surface area contributed by atoms with Gasteiger partial charge in [-0.3, -0.25) is 14.6 Å². The van der Waals surface area contributed by atoms with Crippen LogP contribution in [0, 0.1) is 5.92 Å². The minimum atomic E-state index is -1.07. The van der Waals surface area contributed by atoms with Gasteiger partial charge in [-0.25, -0.2) is 0 Å². The van der Waals surface area contributed by atoms with Crippen LogP contribution in [-0.4, -0.2) is 39.3 Å². The predicted molar refractivity (Wildman–Crippen MR) is 78.0 cm³/mol. The summed E-state index contributed by atoms with van der Waals surface area (Å²) < 4.78 is 0. The van der Waals surface area contributed by atoms with E-state index in [1.807, 2.05) is 11.5 Å². The molecule has 7 heteroatoms. The summed E-state index contributed by atoms with van der Waals surface area (Å²) in [6.07, 6.45) is 4.12. The molecule has 2 amide bonds. The molecule has 2 aliphatic rings. The minimum Gasteiger partial charge on any atom is -0.390 e. The van der Waals surface area contributed by atoms with Crippen molar-refractivity contribution in [1.29, 1.82) is 0 Å². The number of thioether (sulfide) groups is 1. The number of pyridine rings is 1. The number of aliphatic hydroxyl groups is 1. The molecule has 1 aromatic rings. The lowest BCUT2D eigenvalue weighted by atomic mass is 9.89. The number of piperidine rings is 1. The van der Waals surface area contributed by atoms with Gasteiger partial charge in [-0.15, -0.1) is 11.8 Å². The number of aromatic nitrogens is 1. The van der Waals surface area contributed by atoms with Crippen LogP contribution < -0.4 is 10.6 Å². The van der Waals surface area contributed by atoms with Crippen LogP contribution in [0.2, 0.25) is 0 Å². The fourth-order valence-electron chi connectivity index (χ4n) is 2.51. The van der Waals surface area contributed by atoms with Crippen molar-refractivity contribution in [3.8, 4) is 0 Å². The van der Waals surface area contributed by atoms with Crippen molar-refractivity contribution in [3.05, 3.63) is 41.6 Å². The third-order valence-electron chi connectivity index (χ3n) is 3.64. The molecule has 0 radical (unpaired) electrons. The number of nitrogens with one attached hydrogen (secondary N) is 2. The second kappa shape index (κ2) is 5.87. The van der Waals surface area contributed by atoms with Crippen molar-refractivity contribution in [2.45, 2.75) is 23.9 Å². The molecule has 3 heterocycles. The van der Waals surface area contributed by atoms with Gasteiger partial charge in [-0.05, 0) is 23.1 Å². The zero-order chi connectivity index (χ0) is 14.8. The Labute approximate surface area is 126 Å². The number of hydrogen-bond donors (Lipinski definition) is 3. The fourth-order valence-corrected chi connectivity index (χ4v) is 3.60. The second-order valence-corrected chi connectivity index (χ2v) is 6.09. The van der Waals surface area contributed by atoms with E-state index in [0.29, 0.717) is 6.54 Å². The van der Waals surface area contributed by atoms with Crippen LogP contribution in [0.5, 0.6) is 0 Å². The van der Waals surface area contributed by atoms with E-state index in [9.17, 15) is 14.7 Å². The molecule has 4 unspecified atom stereocenters. The van der Waals surface area contributed by atoms with E-state index >= 15 is 0 Å². The summed E-state index contributed by atoms with van der Waals surface area (Å²) >= 11 is 1.44. The Bertz CT molecular complexity index is 578. The summed E-state index contributed by atoms with van der Waals surface area (Å²) in [5.74, 6) is -1.95. The quantitative estimate of drug-likeness (QED) is 0.673. The molecule has 0 saturated carbocycles. The van der Waals surface area contributed by atoms with Gasteiger partial charge in [-0.1, -0.05) is 6.08 Å². The molecule has 0 bridgehead atoms. The van der Waals surface area contributed by atoms with Gasteiger partial charge >= 0.3 is 0 Å². The number of hydrogen-bond acceptors (Lipinski definition) is 5. The molecule has 1 saturated heterocycles. The summed E-state index contributed by atoms with van der Waals surface area (Å²) in [5.41, 5.74) is 0.888. The largest absolute Gasteiger partial charge is 0.390 e. The summed E-state index contributed by atoms with van der Waals surface area (Å²) in [5, 5.41) is 17.4. The van der Waals surface area contributed by atoms with Crippen molar-refractivity contribution >= 4 is 23.6 Å². The van der Waals surface area contributed by atoms with Crippen molar-refractivity contribution in [1.82, 2.24) is 15.6 Å². The highest BCUT2D eigenvalue weighted by atomic mass is 32.2. The Morgan fingerprint density at radius 3 is 2.95 bits per heavy atom. The molecule has 6 nitrogen and oxygen atoms in total. The Morgan fingerprint density at radius 1 is 1.43 bits per heavy atom. The topological polar surface area (TPSA) is 91.3 Å².